The molecule has 6 heteroatoms. The maximum absolute atomic E-state index is 5.40. The SMILES string of the molecule is CCn1ncc2c1CCC[C@@H]2N[C@@H](C)c1nc(C(C)C)no1. The van der Waals surface area contributed by atoms with Crippen molar-refractivity contribution in [1.82, 2.24) is 25.2 Å². The fourth-order valence-electron chi connectivity index (χ4n) is 3.10. The molecule has 0 aliphatic heterocycles. The maximum Gasteiger partial charge on any atom is 0.243 e. The molecule has 6 nitrogen and oxygen atoms in total. The maximum atomic E-state index is 5.40. The molecular formula is C16H25N5O. The highest BCUT2D eigenvalue weighted by Crippen LogP contribution is 2.31. The Bertz CT molecular complexity index is 630. The van der Waals surface area contributed by atoms with E-state index >= 15 is 0 Å². The molecule has 22 heavy (non-hydrogen) atoms. The van der Waals surface area contributed by atoms with Gasteiger partial charge in [-0.1, -0.05) is 19.0 Å². The molecule has 0 saturated heterocycles. The first-order chi connectivity index (χ1) is 10.6. The summed E-state index contributed by atoms with van der Waals surface area (Å²) < 4.78 is 7.51. The molecule has 2 aromatic rings. The van der Waals surface area contributed by atoms with E-state index in [0.29, 0.717) is 11.9 Å². The quantitative estimate of drug-likeness (QED) is 0.919. The Morgan fingerprint density at radius 1 is 1.41 bits per heavy atom. The van der Waals surface area contributed by atoms with Crippen LogP contribution in [0.15, 0.2) is 10.7 Å². The van der Waals surface area contributed by atoms with E-state index in [1.807, 2.05) is 6.20 Å². The predicted molar refractivity (Wildman–Crippen MR) is 83.5 cm³/mol. The van der Waals surface area contributed by atoms with Crippen molar-refractivity contribution in [3.8, 4) is 0 Å². The van der Waals surface area contributed by atoms with E-state index < -0.39 is 0 Å². The minimum Gasteiger partial charge on any atom is -0.338 e. The molecule has 120 valence electrons. The lowest BCUT2D eigenvalue weighted by molar-refractivity contribution is 0.311. The number of nitrogens with zero attached hydrogens (tertiary/aromatic N) is 4. The molecule has 1 aliphatic rings. The number of fused-ring (bicyclic) bond motifs is 1. The predicted octanol–water partition coefficient (Wildman–Crippen LogP) is 3.14. The lowest BCUT2D eigenvalue weighted by Gasteiger charge is -2.26. The summed E-state index contributed by atoms with van der Waals surface area (Å²) in [5.74, 6) is 1.72. The van der Waals surface area contributed by atoms with Crippen LogP contribution in [-0.4, -0.2) is 19.9 Å². The van der Waals surface area contributed by atoms with Crippen molar-refractivity contribution in [2.45, 2.75) is 71.5 Å². The average molecular weight is 303 g/mol. The number of nitrogens with one attached hydrogen (secondary N) is 1. The van der Waals surface area contributed by atoms with Gasteiger partial charge in [0.2, 0.25) is 5.89 Å². The van der Waals surface area contributed by atoms with Crippen LogP contribution in [0.25, 0.3) is 0 Å². The van der Waals surface area contributed by atoms with E-state index in [2.05, 4.69) is 52.9 Å². The van der Waals surface area contributed by atoms with Crippen LogP contribution in [0, 0.1) is 0 Å². The zero-order valence-electron chi connectivity index (χ0n) is 13.8. The molecule has 1 aliphatic carbocycles. The molecule has 0 unspecified atom stereocenters. The topological polar surface area (TPSA) is 68.8 Å². The number of aryl methyl sites for hydroxylation is 1. The van der Waals surface area contributed by atoms with Gasteiger partial charge in [-0.25, -0.2) is 0 Å². The van der Waals surface area contributed by atoms with Gasteiger partial charge < -0.3 is 4.52 Å². The summed E-state index contributed by atoms with van der Waals surface area (Å²) in [4.78, 5) is 4.49. The second-order valence-electron chi connectivity index (χ2n) is 6.34. The lowest BCUT2D eigenvalue weighted by atomic mass is 9.92. The summed E-state index contributed by atoms with van der Waals surface area (Å²) in [6, 6.07) is 0.356. The van der Waals surface area contributed by atoms with E-state index in [9.17, 15) is 0 Å². The van der Waals surface area contributed by atoms with Crippen LogP contribution < -0.4 is 5.32 Å². The van der Waals surface area contributed by atoms with Gasteiger partial charge in [-0.05, 0) is 33.1 Å². The Hall–Kier alpha value is -1.69. The third-order valence-corrected chi connectivity index (χ3v) is 4.36. The van der Waals surface area contributed by atoms with Crippen molar-refractivity contribution >= 4 is 0 Å². The molecule has 1 N–H and O–H groups in total. The van der Waals surface area contributed by atoms with Crippen molar-refractivity contribution in [2.75, 3.05) is 0 Å². The Morgan fingerprint density at radius 3 is 2.91 bits per heavy atom. The summed E-state index contributed by atoms with van der Waals surface area (Å²) in [6.07, 6.45) is 5.44. The first-order valence-corrected chi connectivity index (χ1v) is 8.24. The van der Waals surface area contributed by atoms with E-state index in [0.717, 1.165) is 25.2 Å². The van der Waals surface area contributed by atoms with Gasteiger partial charge in [0.25, 0.3) is 0 Å². The van der Waals surface area contributed by atoms with Gasteiger partial charge in [-0.2, -0.15) is 10.1 Å². The molecule has 0 bridgehead atoms. The lowest BCUT2D eigenvalue weighted by Crippen LogP contribution is -2.28. The van der Waals surface area contributed by atoms with E-state index in [1.54, 1.807) is 0 Å². The van der Waals surface area contributed by atoms with Gasteiger partial charge in [0.1, 0.15) is 0 Å². The largest absolute Gasteiger partial charge is 0.338 e. The number of aromatic nitrogens is 4. The second kappa shape index (κ2) is 6.20. The minimum absolute atomic E-state index is 0.0425. The fraction of sp³-hybridized carbons (Fsp3) is 0.688. The third kappa shape index (κ3) is 2.79. The summed E-state index contributed by atoms with van der Waals surface area (Å²) in [5.41, 5.74) is 2.69. The van der Waals surface area contributed by atoms with Crippen LogP contribution >= 0.6 is 0 Å². The molecule has 2 heterocycles. The molecule has 0 fully saturated rings. The highest BCUT2D eigenvalue weighted by Gasteiger charge is 2.26. The van der Waals surface area contributed by atoms with Crippen molar-refractivity contribution < 1.29 is 4.52 Å². The monoisotopic (exact) mass is 303 g/mol. The number of hydrogen-bond acceptors (Lipinski definition) is 5. The summed E-state index contributed by atoms with van der Waals surface area (Å²) in [6.45, 7) is 9.28. The molecule has 0 spiro atoms. The van der Waals surface area contributed by atoms with Gasteiger partial charge >= 0.3 is 0 Å². The molecule has 2 atom stereocenters. The zero-order valence-corrected chi connectivity index (χ0v) is 13.8. The first-order valence-electron chi connectivity index (χ1n) is 8.24. The van der Waals surface area contributed by atoms with Crippen LogP contribution in [0.3, 0.4) is 0 Å². The highest BCUT2D eigenvalue weighted by molar-refractivity contribution is 5.25. The van der Waals surface area contributed by atoms with Gasteiger partial charge in [0.15, 0.2) is 5.82 Å². The normalized spacial score (nSPS) is 19.4. The van der Waals surface area contributed by atoms with E-state index in [-0.39, 0.29) is 12.0 Å². The Labute approximate surface area is 131 Å². The molecule has 0 saturated carbocycles. The smallest absolute Gasteiger partial charge is 0.243 e. The van der Waals surface area contributed by atoms with Gasteiger partial charge in [0.05, 0.1) is 12.2 Å². The standard InChI is InChI=1S/C16H25N5O/c1-5-21-14-8-6-7-13(12(14)9-17-21)18-11(4)16-19-15(10(2)3)20-22-16/h9-11,13,18H,5-8H2,1-4H3/t11-,13-/m0/s1. The van der Waals surface area contributed by atoms with Crippen LogP contribution in [-0.2, 0) is 13.0 Å². The average Bonchev–Trinajstić information content (AvgIpc) is 3.14. The molecule has 2 aromatic heterocycles. The second-order valence-corrected chi connectivity index (χ2v) is 6.34. The van der Waals surface area contributed by atoms with E-state index in [4.69, 9.17) is 4.52 Å². The van der Waals surface area contributed by atoms with Gasteiger partial charge in [-0.15, -0.1) is 0 Å². The van der Waals surface area contributed by atoms with Crippen LogP contribution in [0.5, 0.6) is 0 Å². The van der Waals surface area contributed by atoms with Gasteiger partial charge in [0, 0.05) is 29.8 Å². The molecule has 3 rings (SSSR count). The van der Waals surface area contributed by atoms with Crippen LogP contribution in [0.4, 0.5) is 0 Å². The van der Waals surface area contributed by atoms with Crippen molar-refractivity contribution in [2.24, 2.45) is 0 Å². The van der Waals surface area contributed by atoms with E-state index in [1.165, 1.54) is 17.7 Å². The fourth-order valence-corrected chi connectivity index (χ4v) is 3.10. The zero-order chi connectivity index (χ0) is 15.7. The molecule has 0 radical (unpaired) electrons. The summed E-state index contributed by atoms with van der Waals surface area (Å²) in [5, 5.41) is 12.2. The van der Waals surface area contributed by atoms with Crippen LogP contribution in [0.2, 0.25) is 0 Å². The molecule has 0 aromatic carbocycles. The minimum atomic E-state index is 0.0425. The summed E-state index contributed by atoms with van der Waals surface area (Å²) in [7, 11) is 0. The van der Waals surface area contributed by atoms with Gasteiger partial charge in [-0.3, -0.25) is 10.00 Å². The Morgan fingerprint density at radius 2 is 2.23 bits per heavy atom. The first kappa shape index (κ1) is 15.2. The Balaban J connectivity index is 1.74. The Kier molecular flexibility index (Phi) is 4.29. The van der Waals surface area contributed by atoms with Crippen LogP contribution in [0.1, 0.15) is 81.5 Å². The highest BCUT2D eigenvalue weighted by atomic mass is 16.5. The molecular weight excluding hydrogens is 278 g/mol. The van der Waals surface area contributed by atoms with Crippen molar-refractivity contribution in [3.63, 3.8) is 0 Å². The number of rotatable bonds is 5. The third-order valence-electron chi connectivity index (χ3n) is 4.36. The summed E-state index contributed by atoms with van der Waals surface area (Å²) >= 11 is 0. The van der Waals surface area contributed by atoms with Crippen molar-refractivity contribution in [3.05, 3.63) is 29.2 Å². The molecule has 0 amide bonds. The van der Waals surface area contributed by atoms with Crippen molar-refractivity contribution in [1.29, 1.82) is 0 Å². The number of hydrogen-bond donors (Lipinski definition) is 1.